The highest BCUT2D eigenvalue weighted by atomic mass is 19.1. The molecule has 1 aliphatic heterocycles. The molecular weight excluding hydrogens is 223 g/mol. The summed E-state index contributed by atoms with van der Waals surface area (Å²) >= 11 is 0. The maximum absolute atomic E-state index is 12.7. The molecule has 1 heterocycles. The molecule has 4 nitrogen and oxygen atoms in total. The monoisotopic (exact) mass is 238 g/mol. The zero-order valence-electron chi connectivity index (χ0n) is 9.32. The summed E-state index contributed by atoms with van der Waals surface area (Å²) in [5, 5.41) is 15.7. The second kappa shape index (κ2) is 5.25. The lowest BCUT2D eigenvalue weighted by molar-refractivity contribution is -0.119. The first-order chi connectivity index (χ1) is 8.15. The highest BCUT2D eigenvalue weighted by molar-refractivity contribution is 5.78. The maximum Gasteiger partial charge on any atom is 0.221 e. The van der Waals surface area contributed by atoms with Crippen LogP contribution in [0.1, 0.15) is 18.1 Å². The highest BCUT2D eigenvalue weighted by Gasteiger charge is 2.21. The van der Waals surface area contributed by atoms with E-state index >= 15 is 0 Å². The molecule has 2 atom stereocenters. The van der Waals surface area contributed by atoms with E-state index in [1.165, 1.54) is 12.1 Å². The number of halogens is 1. The van der Waals surface area contributed by atoms with Crippen molar-refractivity contribution in [2.75, 3.05) is 13.1 Å². The molecule has 1 aliphatic rings. The zero-order valence-corrected chi connectivity index (χ0v) is 9.32. The first kappa shape index (κ1) is 12.0. The van der Waals surface area contributed by atoms with Gasteiger partial charge in [0, 0.05) is 25.6 Å². The van der Waals surface area contributed by atoms with Gasteiger partial charge in [-0.05, 0) is 17.7 Å². The molecule has 1 aromatic carbocycles. The first-order valence-electron chi connectivity index (χ1n) is 5.59. The Hall–Kier alpha value is -1.46. The van der Waals surface area contributed by atoms with Crippen LogP contribution < -0.4 is 10.6 Å². The van der Waals surface area contributed by atoms with E-state index in [2.05, 4.69) is 10.6 Å². The van der Waals surface area contributed by atoms with Crippen molar-refractivity contribution in [2.45, 2.75) is 18.6 Å². The summed E-state index contributed by atoms with van der Waals surface area (Å²) in [6.07, 6.45) is -0.248. The molecule has 17 heavy (non-hydrogen) atoms. The largest absolute Gasteiger partial charge is 0.387 e. The SMILES string of the molecule is O=C1CC(NCC(O)c2ccc(F)cc2)CN1. The summed E-state index contributed by atoms with van der Waals surface area (Å²) in [5.74, 6) is -0.293. The van der Waals surface area contributed by atoms with E-state index in [1.54, 1.807) is 12.1 Å². The molecule has 1 fully saturated rings. The van der Waals surface area contributed by atoms with Crippen LogP contribution in [0.25, 0.3) is 0 Å². The number of aliphatic hydroxyl groups excluding tert-OH is 1. The van der Waals surface area contributed by atoms with Gasteiger partial charge >= 0.3 is 0 Å². The van der Waals surface area contributed by atoms with E-state index in [0.29, 0.717) is 25.1 Å². The number of hydrogen-bond donors (Lipinski definition) is 3. The fraction of sp³-hybridized carbons (Fsp3) is 0.417. The van der Waals surface area contributed by atoms with Crippen molar-refractivity contribution in [3.8, 4) is 0 Å². The maximum atomic E-state index is 12.7. The standard InChI is InChI=1S/C12H15FN2O2/c13-9-3-1-8(2-4-9)11(16)7-14-10-5-12(17)15-6-10/h1-4,10-11,14,16H,5-7H2,(H,15,17). The summed E-state index contributed by atoms with van der Waals surface area (Å²) < 4.78 is 12.7. The molecule has 5 heteroatoms. The third-order valence-electron chi connectivity index (χ3n) is 2.83. The molecule has 3 N–H and O–H groups in total. The van der Waals surface area contributed by atoms with Gasteiger partial charge in [-0.25, -0.2) is 4.39 Å². The van der Waals surface area contributed by atoms with Crippen molar-refractivity contribution in [3.05, 3.63) is 35.6 Å². The topological polar surface area (TPSA) is 61.4 Å². The normalized spacial score (nSPS) is 21.3. The van der Waals surface area contributed by atoms with Crippen molar-refractivity contribution >= 4 is 5.91 Å². The van der Waals surface area contributed by atoms with Gasteiger partial charge in [0.25, 0.3) is 0 Å². The third kappa shape index (κ3) is 3.25. The molecule has 1 amide bonds. The van der Waals surface area contributed by atoms with Gasteiger partial charge in [-0.15, -0.1) is 0 Å². The lowest BCUT2D eigenvalue weighted by Crippen LogP contribution is -2.34. The first-order valence-corrected chi connectivity index (χ1v) is 5.59. The number of hydrogen-bond acceptors (Lipinski definition) is 3. The Morgan fingerprint density at radius 3 is 2.76 bits per heavy atom. The second-order valence-corrected chi connectivity index (χ2v) is 4.18. The van der Waals surface area contributed by atoms with Gasteiger partial charge < -0.3 is 15.7 Å². The predicted octanol–water partition coefficient (Wildman–Crippen LogP) is 0.337. The lowest BCUT2D eigenvalue weighted by atomic mass is 10.1. The molecule has 0 spiro atoms. The number of aliphatic hydroxyl groups is 1. The molecule has 2 rings (SSSR count). The summed E-state index contributed by atoms with van der Waals surface area (Å²) in [5.41, 5.74) is 0.663. The van der Waals surface area contributed by atoms with Gasteiger partial charge in [0.2, 0.25) is 5.91 Å². The highest BCUT2D eigenvalue weighted by Crippen LogP contribution is 2.13. The average Bonchev–Trinajstić information content (AvgIpc) is 2.73. The van der Waals surface area contributed by atoms with Crippen LogP contribution in [-0.2, 0) is 4.79 Å². The van der Waals surface area contributed by atoms with Crippen LogP contribution in [0.5, 0.6) is 0 Å². The molecule has 1 saturated heterocycles. The van der Waals surface area contributed by atoms with Gasteiger partial charge in [0.05, 0.1) is 6.10 Å². The van der Waals surface area contributed by atoms with E-state index in [9.17, 15) is 14.3 Å². The van der Waals surface area contributed by atoms with Gasteiger partial charge in [0.1, 0.15) is 5.82 Å². The van der Waals surface area contributed by atoms with E-state index in [4.69, 9.17) is 0 Å². The van der Waals surface area contributed by atoms with Gasteiger partial charge in [-0.1, -0.05) is 12.1 Å². The molecule has 0 radical (unpaired) electrons. The van der Waals surface area contributed by atoms with E-state index in [-0.39, 0.29) is 17.8 Å². The molecule has 0 aliphatic carbocycles. The number of carbonyl (C=O) groups excluding carboxylic acids is 1. The van der Waals surface area contributed by atoms with Crippen LogP contribution in [0.2, 0.25) is 0 Å². The van der Waals surface area contributed by atoms with Crippen molar-refractivity contribution in [3.63, 3.8) is 0 Å². The summed E-state index contributed by atoms with van der Waals surface area (Å²) in [4.78, 5) is 11.0. The number of nitrogens with one attached hydrogen (secondary N) is 2. The minimum absolute atomic E-state index is 0.0266. The van der Waals surface area contributed by atoms with Crippen LogP contribution >= 0.6 is 0 Å². The summed E-state index contributed by atoms with van der Waals surface area (Å²) in [6.45, 7) is 0.945. The molecule has 1 aromatic rings. The Labute approximate surface area is 98.8 Å². The van der Waals surface area contributed by atoms with Crippen LogP contribution in [0.15, 0.2) is 24.3 Å². The smallest absolute Gasteiger partial charge is 0.221 e. The molecular formula is C12H15FN2O2. The quantitative estimate of drug-likeness (QED) is 0.708. The fourth-order valence-electron chi connectivity index (χ4n) is 1.83. The van der Waals surface area contributed by atoms with Crippen LogP contribution in [0.4, 0.5) is 4.39 Å². The average molecular weight is 238 g/mol. The van der Waals surface area contributed by atoms with Crippen molar-refractivity contribution < 1.29 is 14.3 Å². The van der Waals surface area contributed by atoms with Crippen molar-refractivity contribution in [1.29, 1.82) is 0 Å². The molecule has 0 saturated carbocycles. The zero-order chi connectivity index (χ0) is 12.3. The van der Waals surface area contributed by atoms with E-state index < -0.39 is 6.10 Å². The predicted molar refractivity (Wildman–Crippen MR) is 60.8 cm³/mol. The lowest BCUT2D eigenvalue weighted by Gasteiger charge is -2.15. The molecule has 2 unspecified atom stereocenters. The van der Waals surface area contributed by atoms with Crippen molar-refractivity contribution in [2.24, 2.45) is 0 Å². The fourth-order valence-corrected chi connectivity index (χ4v) is 1.83. The third-order valence-corrected chi connectivity index (χ3v) is 2.83. The Balaban J connectivity index is 1.82. The van der Waals surface area contributed by atoms with Crippen LogP contribution in [0, 0.1) is 5.82 Å². The van der Waals surface area contributed by atoms with Gasteiger partial charge in [-0.3, -0.25) is 4.79 Å². The number of rotatable bonds is 4. The Kier molecular flexibility index (Phi) is 3.71. The minimum Gasteiger partial charge on any atom is -0.387 e. The molecule has 0 aromatic heterocycles. The minimum atomic E-state index is -0.689. The summed E-state index contributed by atoms with van der Waals surface area (Å²) in [6, 6.07) is 5.82. The van der Waals surface area contributed by atoms with Crippen LogP contribution in [0.3, 0.4) is 0 Å². The second-order valence-electron chi connectivity index (χ2n) is 4.18. The Bertz CT molecular complexity index is 394. The molecule has 0 bridgehead atoms. The van der Waals surface area contributed by atoms with E-state index in [0.717, 1.165) is 0 Å². The number of carbonyl (C=O) groups is 1. The number of benzene rings is 1. The van der Waals surface area contributed by atoms with E-state index in [1.807, 2.05) is 0 Å². The summed E-state index contributed by atoms with van der Waals surface area (Å²) in [7, 11) is 0. The van der Waals surface area contributed by atoms with Crippen molar-refractivity contribution in [1.82, 2.24) is 10.6 Å². The van der Waals surface area contributed by atoms with Gasteiger partial charge in [-0.2, -0.15) is 0 Å². The molecule has 92 valence electrons. The van der Waals surface area contributed by atoms with Crippen LogP contribution in [-0.4, -0.2) is 30.1 Å². The van der Waals surface area contributed by atoms with Gasteiger partial charge in [0.15, 0.2) is 0 Å². The Morgan fingerprint density at radius 2 is 2.18 bits per heavy atom. The number of amides is 1. The Morgan fingerprint density at radius 1 is 1.47 bits per heavy atom.